The molecule has 0 heterocycles. The van der Waals surface area contributed by atoms with E-state index in [1.54, 1.807) is 13.1 Å². The van der Waals surface area contributed by atoms with E-state index in [4.69, 9.17) is 4.12 Å². The van der Waals surface area contributed by atoms with Gasteiger partial charge >= 0.3 is 287 Å². The fourth-order valence-corrected chi connectivity index (χ4v) is 447. The maximum absolute atomic E-state index is 13.1. The van der Waals surface area contributed by atoms with Crippen molar-refractivity contribution in [1.82, 2.24) is 0 Å². The molecule has 0 aliphatic carbocycles. The van der Waals surface area contributed by atoms with Crippen molar-refractivity contribution in [3.63, 3.8) is 0 Å². The second-order valence-corrected chi connectivity index (χ2v) is 203. The van der Waals surface area contributed by atoms with Crippen LogP contribution >= 0.6 is 0 Å². The van der Waals surface area contributed by atoms with Gasteiger partial charge in [-0.3, -0.25) is 0 Å². The van der Waals surface area contributed by atoms with E-state index < -0.39 is 303 Å². The Bertz CT molecular complexity index is 3650. The molecule has 0 fully saturated rings. The summed E-state index contributed by atoms with van der Waals surface area (Å²) in [6, 6.07) is 0. The monoisotopic (exact) mass is 1790 g/mol. The van der Waals surface area contributed by atoms with Crippen LogP contribution in [0.3, 0.4) is 0 Å². The van der Waals surface area contributed by atoms with E-state index in [1.165, 1.54) is 18.8 Å². The van der Waals surface area contributed by atoms with Crippen molar-refractivity contribution >= 4 is 303 Å². The zero-order chi connectivity index (χ0) is 65.9. The van der Waals surface area contributed by atoms with E-state index in [-0.39, 0.29) is 0 Å². The molecule has 0 atom stereocenters. The first-order valence-corrected chi connectivity index (χ1v) is 114. The summed E-state index contributed by atoms with van der Waals surface area (Å²) < 4.78 is 472. The normalized spacial score (nSPS) is 10.4. The first-order chi connectivity index (χ1) is 37.6. The summed E-state index contributed by atoms with van der Waals surface area (Å²) in [6.45, 7) is 9.38. The SMILES string of the molecule is C=C[Si](C)(C)O[Si](C)(C)[Si](=O)[Si](=O)[Si](=O)[Si](=O)[Si](=O)[Si](=O)[Si](=O)[Si](=O)[Si](=O)[Si](=O)[Si](=O)[Si](=O)[Si](=O)[Si](=O)[Si](=O)[Si](=O)[Si](=O)[Si](=O)[Si](=O)[Si](=O)[Si](=O)[Si](=O)[Si](=O)[Si](=O)[Si](=O)[Si](=O)[Si](=O)[Si](=O)[Si](=O)[Si](=O)[Si](=O)[Si](=O)[Si](=O)[Si](=O)[Si](=O)[Si](=O)[Si]=O. The highest BCUT2D eigenvalue weighted by atomic mass is 30.1. The van der Waals surface area contributed by atoms with Gasteiger partial charge in [-0.2, -0.15) is 0 Å². The first kappa shape index (κ1) is 83.8. The molecule has 0 unspecified atom stereocenters. The van der Waals surface area contributed by atoms with Gasteiger partial charge < -0.3 is 169 Å². The van der Waals surface area contributed by atoms with Crippen molar-refractivity contribution in [1.29, 1.82) is 0 Å². The van der Waals surface area contributed by atoms with Crippen LogP contribution in [0.4, 0.5) is 0 Å². The highest BCUT2D eigenvalue weighted by molar-refractivity contribution is 7.86. The quantitative estimate of drug-likeness (QED) is 0.0514. The van der Waals surface area contributed by atoms with Gasteiger partial charge in [-0.25, -0.2) is 0 Å². The molecule has 423 valence electrons. The highest BCUT2D eigenvalue weighted by Crippen LogP contribution is 2.15. The van der Waals surface area contributed by atoms with Crippen LogP contribution in [0.1, 0.15) is 0 Å². The summed E-state index contributed by atoms with van der Waals surface area (Å²) in [5.74, 6) is 0. The molecule has 77 heteroatoms. The molecule has 0 spiro atoms. The third-order valence-corrected chi connectivity index (χ3v) is 306. The van der Waals surface area contributed by atoms with E-state index in [1.807, 2.05) is 0 Å². The average Bonchev–Trinajstić information content (AvgIpc) is 3.64. The minimum absolute atomic E-state index is 1.31. The van der Waals surface area contributed by atoms with Gasteiger partial charge in [-0.1, -0.05) is 5.70 Å². The Balaban J connectivity index is 5.99. The van der Waals surface area contributed by atoms with Gasteiger partial charge in [0.25, 0.3) is 0 Å². The molecule has 83 heavy (non-hydrogen) atoms. The molecular formula is C6H15O38Si39. The predicted molar refractivity (Wildman–Crippen MR) is 285 cm³/mol. The lowest BCUT2D eigenvalue weighted by molar-refractivity contribution is 0.531. The Morgan fingerprint density at radius 3 is 0.482 bits per heavy atom. The highest BCUT2D eigenvalue weighted by Gasteiger charge is 2.60. The van der Waals surface area contributed by atoms with Crippen LogP contribution in [0.25, 0.3) is 0 Å². The van der Waals surface area contributed by atoms with Gasteiger partial charge in [-0.05, 0) is 26.2 Å². The minimum atomic E-state index is -4.82. The van der Waals surface area contributed by atoms with Crippen LogP contribution in [-0.2, 0) is 169 Å². The van der Waals surface area contributed by atoms with E-state index >= 15 is 0 Å². The Morgan fingerprint density at radius 2 is 0.361 bits per heavy atom. The van der Waals surface area contributed by atoms with Crippen LogP contribution in [0.5, 0.6) is 0 Å². The zero-order valence-electron chi connectivity index (χ0n) is 40.3. The van der Waals surface area contributed by atoms with Crippen LogP contribution in [0.2, 0.25) is 26.2 Å². The third kappa shape index (κ3) is 21.7. The maximum Gasteiger partial charge on any atom is 0.381 e. The van der Waals surface area contributed by atoms with Gasteiger partial charge in [0.2, 0.25) is 7.83 Å². The molecule has 38 nitrogen and oxygen atoms in total. The lowest BCUT2D eigenvalue weighted by Crippen LogP contribution is -2.59. The molecule has 1 radical (unpaired) electrons. The molecule has 0 N–H and O–H groups in total. The molecule has 0 rings (SSSR count). The van der Waals surface area contributed by atoms with Gasteiger partial charge in [0.15, 0.2) is 8.32 Å². The predicted octanol–water partition coefficient (Wildman–Crippen LogP) is -16.3. The van der Waals surface area contributed by atoms with Crippen LogP contribution in [0.15, 0.2) is 12.3 Å². The Labute approximate surface area is 504 Å². The standard InChI is InChI=1S/C6H15O38Si39/c1-6-82(2,3)44-83(4,5)81(43)80(42)79(41)78(40)77(39)76(38)75(37)74(36)73(35)72(34)71(33)70(32)69(31)68(30)67(29)66(28)65(27)64(26)63(25)62(24)61(23)60(22)59(21)58(20)57(19)56(18)55(17)54(16)53(15)52(14)51(13)50(12)49(11)48(10)47(9)46(8)45-7/h6H,1H2,2-5H3. The molecular weight excluding hydrogens is 1780 g/mol. The molecule has 0 saturated heterocycles. The van der Waals surface area contributed by atoms with Gasteiger partial charge in [0, 0.05) is 0 Å². The van der Waals surface area contributed by atoms with E-state index in [9.17, 15) is 165 Å². The molecule has 0 aliphatic heterocycles. The molecule has 0 aromatic heterocycles. The van der Waals surface area contributed by atoms with E-state index in [0.29, 0.717) is 0 Å². The molecule has 0 aromatic carbocycles. The molecule has 0 amide bonds. The molecule has 0 aliphatic rings. The summed E-state index contributed by atoms with van der Waals surface area (Å²) in [5, 5.41) is 0. The second kappa shape index (κ2) is 36.1. The van der Waals surface area contributed by atoms with Gasteiger partial charge in [0.05, 0.1) is 0 Å². The summed E-state index contributed by atoms with van der Waals surface area (Å²) >= 11 is 0. The largest absolute Gasteiger partial charge is 0.450 e. The minimum Gasteiger partial charge on any atom is -0.450 e. The fraction of sp³-hybridized carbons (Fsp3) is 0.667. The van der Waals surface area contributed by atoms with Crippen LogP contribution < -0.4 is 0 Å². The summed E-state index contributed by atoms with van der Waals surface area (Å²) in [5.41, 5.74) is 1.41. The van der Waals surface area contributed by atoms with Crippen molar-refractivity contribution in [2.45, 2.75) is 26.2 Å². The van der Waals surface area contributed by atoms with Crippen molar-refractivity contribution in [3.8, 4) is 0 Å². The Kier molecular flexibility index (Phi) is 36.4. The van der Waals surface area contributed by atoms with E-state index in [0.717, 1.165) is 0 Å². The van der Waals surface area contributed by atoms with Crippen LogP contribution in [0, 0.1) is 0 Å². The summed E-state index contributed by atoms with van der Waals surface area (Å²) in [7, 11) is -172. The second-order valence-electron chi connectivity index (χ2n) is 15.4. The lowest BCUT2D eigenvalue weighted by Gasteiger charge is -2.29. The average molecular weight is 1790 g/mol. The van der Waals surface area contributed by atoms with Crippen molar-refractivity contribution < 1.29 is 169 Å². The summed E-state index contributed by atoms with van der Waals surface area (Å²) in [6.07, 6.45) is 0. The Hall–Kier alpha value is 0.758. The number of hydrogen-bond acceptors (Lipinski definition) is 38. The molecule has 0 bridgehead atoms. The maximum atomic E-state index is 13.1. The number of hydrogen-bond donors (Lipinski definition) is 0. The first-order valence-electron chi connectivity index (χ1n) is 19.9. The Morgan fingerprint density at radius 1 is 0.241 bits per heavy atom. The lowest BCUT2D eigenvalue weighted by atomic mass is 11.3. The third-order valence-electron chi connectivity index (χ3n) is 8.87. The fourth-order valence-electron chi connectivity index (χ4n) is 4.57. The molecule has 0 saturated carbocycles. The van der Waals surface area contributed by atoms with E-state index in [2.05, 4.69) is 6.58 Å². The van der Waals surface area contributed by atoms with Gasteiger partial charge in [-0.15, -0.1) is 6.58 Å². The van der Waals surface area contributed by atoms with Crippen LogP contribution in [-0.4, -0.2) is 303 Å². The summed E-state index contributed by atoms with van der Waals surface area (Å²) in [4.78, 5) is 0. The smallest absolute Gasteiger partial charge is 0.381 e. The molecule has 0 aromatic rings. The number of rotatable bonds is 40. The van der Waals surface area contributed by atoms with Crippen molar-refractivity contribution in [3.05, 3.63) is 12.3 Å². The topological polar surface area (TPSA) is 641 Å². The zero-order valence-corrected chi connectivity index (χ0v) is 79.3. The van der Waals surface area contributed by atoms with Crippen molar-refractivity contribution in [2.75, 3.05) is 0 Å². The van der Waals surface area contributed by atoms with Crippen molar-refractivity contribution in [2.24, 2.45) is 0 Å². The van der Waals surface area contributed by atoms with Gasteiger partial charge in [0.1, 0.15) is 0 Å².